The number of likely N-dealkylation sites (tertiary alicyclic amines) is 1. The molecule has 2 fully saturated rings. The molecule has 2 aliphatic heterocycles. The molecule has 39 heavy (non-hydrogen) atoms. The fraction of sp³-hybridized carbons (Fsp3) is 0.667. The van der Waals surface area contributed by atoms with E-state index in [1.165, 1.54) is 26.8 Å². The van der Waals surface area contributed by atoms with Gasteiger partial charge in [-0.15, -0.1) is 0 Å². The van der Waals surface area contributed by atoms with Gasteiger partial charge in [-0.2, -0.15) is 28.8 Å². The van der Waals surface area contributed by atoms with Crippen LogP contribution >= 0.6 is 10.0 Å². The fourth-order valence-electron chi connectivity index (χ4n) is 5.35. The van der Waals surface area contributed by atoms with Crippen LogP contribution < -0.4 is 10.6 Å². The second-order valence-corrected chi connectivity index (χ2v) is 15.4. The van der Waals surface area contributed by atoms with Crippen molar-refractivity contribution in [3.8, 4) is 12.1 Å². The number of carbonyl (C=O) groups excluding carboxylic acids is 3. The van der Waals surface area contributed by atoms with Crippen LogP contribution in [0.3, 0.4) is 0 Å². The van der Waals surface area contributed by atoms with Gasteiger partial charge in [-0.05, 0) is 24.0 Å². The Labute approximate surface area is 225 Å². The summed E-state index contributed by atoms with van der Waals surface area (Å²) in [4.78, 5) is 40.8. The smallest absolute Gasteiger partial charge is 0.390 e. The van der Waals surface area contributed by atoms with Gasteiger partial charge in [0, 0.05) is 23.5 Å². The van der Waals surface area contributed by atoms with E-state index < -0.39 is 68.6 Å². The molecule has 0 unspecified atom stereocenters. The Morgan fingerprint density at radius 3 is 2.41 bits per heavy atom. The molecule has 0 spiro atoms. The number of rotatable bonds is 8. The van der Waals surface area contributed by atoms with Crippen LogP contribution in [0.1, 0.15) is 38.6 Å². The van der Waals surface area contributed by atoms with Crippen molar-refractivity contribution in [3.05, 3.63) is 17.5 Å². The first-order valence-electron chi connectivity index (χ1n) is 12.1. The highest BCUT2D eigenvalue weighted by Gasteiger charge is 2.75. The van der Waals surface area contributed by atoms with Crippen molar-refractivity contribution in [1.29, 1.82) is 10.5 Å². The molecule has 0 aliphatic carbocycles. The second kappa shape index (κ2) is 10.4. The molecule has 3 amide bonds. The lowest BCUT2D eigenvalue weighted by molar-refractivity contribution is -0.176. The number of amides is 3. The van der Waals surface area contributed by atoms with E-state index in [-0.39, 0.29) is 24.8 Å². The van der Waals surface area contributed by atoms with E-state index in [2.05, 4.69) is 15.5 Å². The average molecular weight is 572 g/mol. The zero-order valence-electron chi connectivity index (χ0n) is 22.2. The van der Waals surface area contributed by atoms with Crippen molar-refractivity contribution >= 4 is 27.7 Å². The number of H-pyrrole nitrogens is 1. The van der Waals surface area contributed by atoms with Gasteiger partial charge in [-0.3, -0.25) is 19.5 Å². The van der Waals surface area contributed by atoms with Gasteiger partial charge in [0.05, 0.1) is 36.6 Å². The minimum atomic E-state index is -5.23. The fourth-order valence-corrected chi connectivity index (χ4v) is 9.34. The predicted octanol–water partition coefficient (Wildman–Crippen LogP) is 0.856. The summed E-state index contributed by atoms with van der Waals surface area (Å²) in [6.45, 7) is 4.19. The minimum Gasteiger partial charge on any atom is -0.390 e. The number of aromatic nitrogens is 2. The van der Waals surface area contributed by atoms with E-state index in [1.54, 1.807) is 5.32 Å². The molecule has 4 N–H and O–H groups in total. The summed E-state index contributed by atoms with van der Waals surface area (Å²) in [7, 11) is -1.45. The normalized spacial score (nSPS) is 25.9. The molecule has 15 heteroatoms. The van der Waals surface area contributed by atoms with Gasteiger partial charge in [0.15, 0.2) is 0 Å². The number of aromatic amines is 1. The molecule has 11 nitrogen and oxygen atoms in total. The number of fused-ring (bicyclic) bond motifs is 1. The van der Waals surface area contributed by atoms with E-state index in [0.29, 0.717) is 11.4 Å². The second-order valence-electron chi connectivity index (χ2n) is 11.3. The third-order valence-corrected chi connectivity index (χ3v) is 11.1. The lowest BCUT2D eigenvalue weighted by Crippen LogP contribution is -2.67. The van der Waals surface area contributed by atoms with Crippen LogP contribution in [0.4, 0.5) is 13.2 Å². The van der Waals surface area contributed by atoms with E-state index >= 15 is 0 Å². The van der Waals surface area contributed by atoms with Gasteiger partial charge in [-0.1, -0.05) is 20.8 Å². The predicted molar refractivity (Wildman–Crippen MR) is 135 cm³/mol. The molecule has 5 atom stereocenters. The number of nitrogens with zero attached hydrogens (tertiary/aromatic N) is 4. The summed E-state index contributed by atoms with van der Waals surface area (Å²) < 4.78 is 39.3. The standard InChI is InChI=1S/C24H32F3N7O4S/c1-22(2,3)17(31-21(38)24(25,26)27)19(36)34-11-16-18(39(16,4)5)23(34,6-7-28)20(37)30-14(10-29)8-13-9-15(12-35)33-32-13/h9,14,16-18,35H,6,8,11-12H2,1-5H3,(H,30,37)(H,31,38)(H,32,33)/t14-,16-,17-,18-,23-/m0/s1. The van der Waals surface area contributed by atoms with Crippen LogP contribution in [0.5, 0.6) is 0 Å². The number of nitriles is 2. The topological polar surface area (TPSA) is 175 Å². The van der Waals surface area contributed by atoms with Gasteiger partial charge < -0.3 is 20.6 Å². The largest absolute Gasteiger partial charge is 0.471 e. The van der Waals surface area contributed by atoms with Crippen LogP contribution in [0.15, 0.2) is 6.07 Å². The van der Waals surface area contributed by atoms with Crippen molar-refractivity contribution in [2.24, 2.45) is 5.41 Å². The zero-order chi connectivity index (χ0) is 29.6. The van der Waals surface area contributed by atoms with Crippen LogP contribution in [-0.4, -0.2) is 91.3 Å². The molecule has 0 bridgehead atoms. The molecule has 2 aliphatic rings. The SMILES string of the molecule is CC(C)(C)[C@@H](NC(=O)C(F)(F)F)C(=O)N1C[C@H]2[C@@H]([C@@]1(CC#N)C(=O)N[C@H](C#N)Cc1cc(CO)[nH]n1)S2(C)C. The first-order valence-corrected chi connectivity index (χ1v) is 14.6. The van der Waals surface area contributed by atoms with Crippen molar-refractivity contribution in [2.45, 2.75) is 74.5 Å². The lowest BCUT2D eigenvalue weighted by Gasteiger charge is -2.44. The molecule has 2 saturated heterocycles. The molecule has 0 saturated carbocycles. The number of hydrogen-bond donors (Lipinski definition) is 4. The lowest BCUT2D eigenvalue weighted by atomic mass is 9.83. The average Bonchev–Trinajstić information content (AvgIpc) is 3.16. The number of halogens is 3. The summed E-state index contributed by atoms with van der Waals surface area (Å²) in [5.41, 5.74) is -2.11. The number of alkyl halides is 3. The molecule has 0 radical (unpaired) electrons. The first kappa shape index (κ1) is 30.2. The molecule has 214 valence electrons. The van der Waals surface area contributed by atoms with Gasteiger partial charge in [-0.25, -0.2) is 10.0 Å². The summed E-state index contributed by atoms with van der Waals surface area (Å²) in [6.07, 6.45) is -1.80. The maximum atomic E-state index is 13.9. The first-order chi connectivity index (χ1) is 17.9. The summed E-state index contributed by atoms with van der Waals surface area (Å²) in [5, 5.41) is 39.2. The third kappa shape index (κ3) is 5.56. The molecule has 3 heterocycles. The highest BCUT2D eigenvalue weighted by Crippen LogP contribution is 2.77. The Balaban J connectivity index is 1.98. The van der Waals surface area contributed by atoms with Crippen LogP contribution in [-0.2, 0) is 27.4 Å². The van der Waals surface area contributed by atoms with E-state index in [9.17, 15) is 43.2 Å². The highest BCUT2D eigenvalue weighted by molar-refractivity contribution is 8.39. The molecule has 3 rings (SSSR count). The van der Waals surface area contributed by atoms with E-state index in [0.717, 1.165) is 4.90 Å². The summed E-state index contributed by atoms with van der Waals surface area (Å²) in [6, 6.07) is 2.71. The zero-order valence-corrected chi connectivity index (χ0v) is 23.0. The Morgan fingerprint density at radius 1 is 1.28 bits per heavy atom. The van der Waals surface area contributed by atoms with Crippen LogP contribution in [0.25, 0.3) is 0 Å². The summed E-state index contributed by atoms with van der Waals surface area (Å²) >= 11 is 0. The Bertz CT molecular complexity index is 1230. The van der Waals surface area contributed by atoms with Gasteiger partial charge in [0.2, 0.25) is 11.8 Å². The van der Waals surface area contributed by atoms with Crippen molar-refractivity contribution in [3.63, 3.8) is 0 Å². The number of carbonyl (C=O) groups is 3. The summed E-state index contributed by atoms with van der Waals surface area (Å²) in [5.74, 6) is -3.95. The highest BCUT2D eigenvalue weighted by atomic mass is 32.3. The Hall–Kier alpha value is -3.30. The van der Waals surface area contributed by atoms with Gasteiger partial charge in [0.1, 0.15) is 17.6 Å². The number of aliphatic hydroxyl groups is 1. The van der Waals surface area contributed by atoms with Gasteiger partial charge >= 0.3 is 12.1 Å². The maximum absolute atomic E-state index is 13.9. The molecule has 0 aromatic carbocycles. The third-order valence-electron chi connectivity index (χ3n) is 7.39. The van der Waals surface area contributed by atoms with Crippen molar-refractivity contribution in [1.82, 2.24) is 25.7 Å². The quantitative estimate of drug-likeness (QED) is 0.335. The van der Waals surface area contributed by atoms with Crippen molar-refractivity contribution in [2.75, 3.05) is 19.1 Å². The number of nitrogens with one attached hydrogen (secondary N) is 3. The van der Waals surface area contributed by atoms with E-state index in [1.807, 2.05) is 24.6 Å². The molecule has 1 aromatic heterocycles. The monoisotopic (exact) mass is 571 g/mol. The number of hydrogen-bond acceptors (Lipinski definition) is 7. The Morgan fingerprint density at radius 2 is 1.92 bits per heavy atom. The maximum Gasteiger partial charge on any atom is 0.471 e. The minimum absolute atomic E-state index is 0.0336. The Kier molecular flexibility index (Phi) is 8.03. The van der Waals surface area contributed by atoms with Crippen LogP contribution in [0.2, 0.25) is 0 Å². The van der Waals surface area contributed by atoms with E-state index in [4.69, 9.17) is 0 Å². The molecular weight excluding hydrogens is 539 g/mol. The molecular formula is C24H32F3N7O4S. The number of aliphatic hydroxyl groups excluding tert-OH is 1. The van der Waals surface area contributed by atoms with Crippen LogP contribution in [0, 0.1) is 28.1 Å². The van der Waals surface area contributed by atoms with Crippen molar-refractivity contribution < 1.29 is 32.7 Å². The molecule has 1 aromatic rings. The van der Waals surface area contributed by atoms with Gasteiger partial charge in [0.25, 0.3) is 0 Å².